The number of rotatable bonds is 4. The van der Waals surface area contributed by atoms with Crippen molar-refractivity contribution in [3.05, 3.63) is 52.9 Å². The second-order valence-corrected chi connectivity index (χ2v) is 5.20. The highest BCUT2D eigenvalue weighted by atomic mass is 32.1. The van der Waals surface area contributed by atoms with Gasteiger partial charge in [0, 0.05) is 4.88 Å². The van der Waals surface area contributed by atoms with Crippen molar-refractivity contribution in [3.8, 4) is 11.5 Å². The van der Waals surface area contributed by atoms with E-state index in [1.165, 1.54) is 11.7 Å². The lowest BCUT2D eigenvalue weighted by Gasteiger charge is -2.10. The zero-order valence-corrected chi connectivity index (χ0v) is 10.5. The van der Waals surface area contributed by atoms with Gasteiger partial charge in [-0.05, 0) is 42.0 Å². The molecule has 1 radical (unpaired) electrons. The first kappa shape index (κ1) is 11.6. The first-order chi connectivity index (χ1) is 8.83. The minimum absolute atomic E-state index is 0.471. The predicted molar refractivity (Wildman–Crippen MR) is 69.6 cm³/mol. The fourth-order valence-electron chi connectivity index (χ4n) is 1.95. The summed E-state index contributed by atoms with van der Waals surface area (Å²) in [6, 6.07) is 9.65. The molecule has 0 spiro atoms. The van der Waals surface area contributed by atoms with E-state index in [1.54, 1.807) is 11.3 Å². The quantitative estimate of drug-likeness (QED) is 0.917. The third-order valence-electron chi connectivity index (χ3n) is 2.95. The van der Waals surface area contributed by atoms with Gasteiger partial charge in [-0.3, -0.25) is 0 Å². The van der Waals surface area contributed by atoms with E-state index in [0.717, 1.165) is 12.0 Å². The van der Waals surface area contributed by atoms with Crippen LogP contribution >= 0.6 is 11.3 Å². The maximum Gasteiger partial charge on any atom is 0.316 e. The summed E-state index contributed by atoms with van der Waals surface area (Å²) in [4.78, 5) is 1.29. The topological polar surface area (TPSA) is 38.7 Å². The predicted octanol–water partition coefficient (Wildman–Crippen LogP) is 3.30. The zero-order chi connectivity index (χ0) is 12.4. The van der Waals surface area contributed by atoms with Gasteiger partial charge in [0.15, 0.2) is 11.5 Å². The lowest BCUT2D eigenvalue weighted by atomic mass is 10.0. The lowest BCUT2D eigenvalue weighted by molar-refractivity contribution is 0.168. The van der Waals surface area contributed by atoms with Crippen LogP contribution in [0.25, 0.3) is 0 Å². The molecule has 1 aromatic heterocycles. The van der Waals surface area contributed by atoms with Gasteiger partial charge in [-0.15, -0.1) is 11.3 Å². The molecule has 1 unspecified atom stereocenters. The molecule has 18 heavy (non-hydrogen) atoms. The molecule has 2 aromatic rings. The Hall–Kier alpha value is -1.52. The number of aryl methyl sites for hydroxylation is 1. The van der Waals surface area contributed by atoms with Gasteiger partial charge in [-0.2, -0.15) is 0 Å². The smallest absolute Gasteiger partial charge is 0.316 e. The van der Waals surface area contributed by atoms with Gasteiger partial charge in [-0.1, -0.05) is 12.1 Å². The Balaban J connectivity index is 1.67. The Labute approximate surface area is 110 Å². The molecule has 4 heteroatoms. The van der Waals surface area contributed by atoms with Gasteiger partial charge in [0.05, 0.1) is 6.10 Å². The molecule has 1 atom stereocenters. The number of fused-ring (bicyclic) bond motifs is 1. The lowest BCUT2D eigenvalue weighted by Crippen LogP contribution is -1.98. The van der Waals surface area contributed by atoms with Gasteiger partial charge >= 0.3 is 6.79 Å². The van der Waals surface area contributed by atoms with E-state index < -0.39 is 6.10 Å². The first-order valence-electron chi connectivity index (χ1n) is 5.82. The number of benzene rings is 1. The molecule has 0 saturated carbocycles. The highest BCUT2D eigenvalue weighted by molar-refractivity contribution is 7.09. The Morgan fingerprint density at radius 3 is 2.89 bits per heavy atom. The Bertz CT molecular complexity index is 522. The highest BCUT2D eigenvalue weighted by Crippen LogP contribution is 2.36. The Morgan fingerprint density at radius 2 is 2.06 bits per heavy atom. The van der Waals surface area contributed by atoms with E-state index in [1.807, 2.05) is 24.3 Å². The molecular weight excluding hydrogens is 248 g/mol. The van der Waals surface area contributed by atoms with Crippen molar-refractivity contribution in [1.82, 2.24) is 0 Å². The number of aliphatic hydroxyl groups excluding tert-OH is 1. The fourth-order valence-corrected chi connectivity index (χ4v) is 2.67. The summed E-state index contributed by atoms with van der Waals surface area (Å²) < 4.78 is 10.3. The van der Waals surface area contributed by atoms with Crippen molar-refractivity contribution in [3.63, 3.8) is 0 Å². The van der Waals surface area contributed by atoms with Gasteiger partial charge in [0.2, 0.25) is 0 Å². The molecule has 3 nitrogen and oxygen atoms in total. The molecular formula is C14H13O3S. The Morgan fingerprint density at radius 1 is 1.17 bits per heavy atom. The number of hydrogen-bond donors (Lipinski definition) is 1. The first-order valence-corrected chi connectivity index (χ1v) is 6.70. The molecule has 1 N–H and O–H groups in total. The van der Waals surface area contributed by atoms with Crippen LogP contribution in [0.3, 0.4) is 0 Å². The summed E-state index contributed by atoms with van der Waals surface area (Å²) in [5.41, 5.74) is 0.865. The molecule has 0 saturated heterocycles. The maximum atomic E-state index is 10.1. The van der Waals surface area contributed by atoms with Crippen molar-refractivity contribution in [1.29, 1.82) is 0 Å². The summed E-state index contributed by atoms with van der Waals surface area (Å²) in [7, 11) is 0. The molecule has 0 aliphatic carbocycles. The minimum atomic E-state index is -0.471. The summed E-state index contributed by atoms with van der Waals surface area (Å²) in [6.45, 7) is 1.30. The monoisotopic (exact) mass is 261 g/mol. The summed E-state index contributed by atoms with van der Waals surface area (Å²) >= 11 is 1.72. The van der Waals surface area contributed by atoms with Gasteiger partial charge in [0.25, 0.3) is 0 Å². The second kappa shape index (κ2) is 5.00. The third-order valence-corrected chi connectivity index (χ3v) is 3.88. The van der Waals surface area contributed by atoms with Crippen molar-refractivity contribution in [2.24, 2.45) is 0 Å². The van der Waals surface area contributed by atoms with Crippen LogP contribution in [0, 0.1) is 6.79 Å². The van der Waals surface area contributed by atoms with E-state index in [-0.39, 0.29) is 0 Å². The van der Waals surface area contributed by atoms with Gasteiger partial charge in [-0.25, -0.2) is 0 Å². The second-order valence-electron chi connectivity index (χ2n) is 4.17. The van der Waals surface area contributed by atoms with Crippen LogP contribution < -0.4 is 9.47 Å². The van der Waals surface area contributed by atoms with Crippen LogP contribution in [0.2, 0.25) is 0 Å². The average Bonchev–Trinajstić information content (AvgIpc) is 3.05. The number of hydrogen-bond acceptors (Lipinski definition) is 4. The highest BCUT2D eigenvalue weighted by Gasteiger charge is 2.17. The maximum absolute atomic E-state index is 10.1. The molecule has 0 amide bonds. The van der Waals surface area contributed by atoms with Crippen LogP contribution in [0.5, 0.6) is 11.5 Å². The SMILES string of the molecule is OC(CCc1cccs1)c1ccc2c(c1)O[CH]O2. The van der Waals surface area contributed by atoms with E-state index in [2.05, 4.69) is 11.4 Å². The minimum Gasteiger partial charge on any atom is -0.444 e. The molecule has 93 valence electrons. The molecule has 0 fully saturated rings. The van der Waals surface area contributed by atoms with Gasteiger partial charge in [0.1, 0.15) is 0 Å². The molecule has 1 aromatic carbocycles. The molecule has 1 aliphatic heterocycles. The molecule has 0 bridgehead atoms. The number of aliphatic hydroxyl groups is 1. The van der Waals surface area contributed by atoms with Gasteiger partial charge < -0.3 is 14.6 Å². The van der Waals surface area contributed by atoms with Crippen LogP contribution in [-0.2, 0) is 6.42 Å². The van der Waals surface area contributed by atoms with Crippen LogP contribution in [-0.4, -0.2) is 5.11 Å². The summed E-state index contributed by atoms with van der Waals surface area (Å²) in [5.74, 6) is 1.37. The largest absolute Gasteiger partial charge is 0.444 e. The third kappa shape index (κ3) is 2.35. The standard InChI is InChI=1S/C14H13O3S/c15-12(5-4-11-2-1-7-18-11)10-3-6-13-14(8-10)17-9-16-13/h1-3,6-9,12,15H,4-5H2. The van der Waals surface area contributed by atoms with Crippen molar-refractivity contribution < 1.29 is 14.6 Å². The van der Waals surface area contributed by atoms with Crippen molar-refractivity contribution >= 4 is 11.3 Å². The average molecular weight is 261 g/mol. The van der Waals surface area contributed by atoms with Crippen LogP contribution in [0.1, 0.15) is 23.0 Å². The molecule has 3 rings (SSSR count). The summed E-state index contributed by atoms with van der Waals surface area (Å²) in [5, 5.41) is 12.2. The number of ether oxygens (including phenoxy) is 2. The van der Waals surface area contributed by atoms with Crippen molar-refractivity contribution in [2.75, 3.05) is 0 Å². The zero-order valence-electron chi connectivity index (χ0n) is 9.70. The van der Waals surface area contributed by atoms with E-state index in [9.17, 15) is 5.11 Å². The fraction of sp³-hybridized carbons (Fsp3) is 0.214. The Kier molecular flexibility index (Phi) is 3.21. The number of thiophene rings is 1. The van der Waals surface area contributed by atoms with Crippen LogP contribution in [0.4, 0.5) is 0 Å². The van der Waals surface area contributed by atoms with Crippen LogP contribution in [0.15, 0.2) is 35.7 Å². The van der Waals surface area contributed by atoms with E-state index >= 15 is 0 Å². The normalized spacial score (nSPS) is 14.7. The molecule has 1 aliphatic rings. The van der Waals surface area contributed by atoms with E-state index in [0.29, 0.717) is 17.9 Å². The molecule has 2 heterocycles. The van der Waals surface area contributed by atoms with Crippen molar-refractivity contribution in [2.45, 2.75) is 18.9 Å². The summed E-state index contributed by atoms with van der Waals surface area (Å²) in [6.07, 6.45) is 1.13. The van der Waals surface area contributed by atoms with E-state index in [4.69, 9.17) is 9.47 Å².